The van der Waals surface area contributed by atoms with E-state index in [1.54, 1.807) is 0 Å². The number of nitrogens with one attached hydrogen (secondary N) is 1. The second-order valence-electron chi connectivity index (χ2n) is 5.21. The highest BCUT2D eigenvalue weighted by atomic mass is 15.3. The van der Waals surface area contributed by atoms with E-state index in [0.717, 1.165) is 26.1 Å². The van der Waals surface area contributed by atoms with Gasteiger partial charge in [-0.15, -0.1) is 0 Å². The monoisotopic (exact) mass is 209 g/mol. The topological polar surface area (TPSA) is 29.9 Å². The van der Waals surface area contributed by atoms with Crippen molar-refractivity contribution in [3.05, 3.63) is 18.0 Å². The Morgan fingerprint density at radius 2 is 2.13 bits per heavy atom. The Kier molecular flexibility index (Phi) is 4.33. The summed E-state index contributed by atoms with van der Waals surface area (Å²) in [5, 5.41) is 7.76. The summed E-state index contributed by atoms with van der Waals surface area (Å²) in [6.07, 6.45) is 3.01. The molecule has 0 saturated heterocycles. The average Bonchev–Trinajstić information content (AvgIpc) is 2.51. The van der Waals surface area contributed by atoms with E-state index in [9.17, 15) is 0 Å². The van der Waals surface area contributed by atoms with Crippen LogP contribution in [0, 0.1) is 5.41 Å². The fourth-order valence-corrected chi connectivity index (χ4v) is 1.49. The molecular weight excluding hydrogens is 186 g/mol. The van der Waals surface area contributed by atoms with Crippen LogP contribution in [0.2, 0.25) is 0 Å². The van der Waals surface area contributed by atoms with Crippen LogP contribution < -0.4 is 5.32 Å². The van der Waals surface area contributed by atoms with Gasteiger partial charge in [-0.2, -0.15) is 5.10 Å². The zero-order valence-electron chi connectivity index (χ0n) is 10.4. The number of rotatable bonds is 5. The van der Waals surface area contributed by atoms with Gasteiger partial charge in [-0.1, -0.05) is 27.7 Å². The summed E-state index contributed by atoms with van der Waals surface area (Å²) in [7, 11) is 0. The standard InChI is InChI=1S/C12H23N3/c1-5-8-15-11(6-7-14-15)9-13-10-12(2,3)4/h6-7,13H,5,8-10H2,1-4H3. The summed E-state index contributed by atoms with van der Waals surface area (Å²) in [4.78, 5) is 0. The van der Waals surface area contributed by atoms with Crippen molar-refractivity contribution in [2.24, 2.45) is 5.41 Å². The molecule has 1 N–H and O–H groups in total. The summed E-state index contributed by atoms with van der Waals surface area (Å²) in [6.45, 7) is 11.9. The molecule has 0 aromatic carbocycles. The Morgan fingerprint density at radius 1 is 1.40 bits per heavy atom. The second kappa shape index (κ2) is 5.31. The Balaban J connectivity index is 2.40. The molecule has 0 amide bonds. The summed E-state index contributed by atoms with van der Waals surface area (Å²) < 4.78 is 2.08. The number of hydrogen-bond donors (Lipinski definition) is 1. The van der Waals surface area contributed by atoms with Crippen LogP contribution in [0.25, 0.3) is 0 Å². The summed E-state index contributed by atoms with van der Waals surface area (Å²) >= 11 is 0. The number of hydrogen-bond acceptors (Lipinski definition) is 2. The predicted molar refractivity (Wildman–Crippen MR) is 63.7 cm³/mol. The number of aryl methyl sites for hydroxylation is 1. The SMILES string of the molecule is CCCn1nccc1CNCC(C)(C)C. The van der Waals surface area contributed by atoms with Gasteiger partial charge >= 0.3 is 0 Å². The minimum absolute atomic E-state index is 0.343. The first kappa shape index (κ1) is 12.2. The molecule has 1 heterocycles. The molecule has 86 valence electrons. The van der Waals surface area contributed by atoms with E-state index in [4.69, 9.17) is 0 Å². The van der Waals surface area contributed by atoms with E-state index >= 15 is 0 Å². The summed E-state index contributed by atoms with van der Waals surface area (Å²) in [5.74, 6) is 0. The molecule has 15 heavy (non-hydrogen) atoms. The van der Waals surface area contributed by atoms with E-state index in [-0.39, 0.29) is 0 Å². The van der Waals surface area contributed by atoms with E-state index < -0.39 is 0 Å². The van der Waals surface area contributed by atoms with E-state index in [1.807, 2.05) is 6.20 Å². The van der Waals surface area contributed by atoms with Crippen LogP contribution in [0.3, 0.4) is 0 Å². The molecule has 0 unspecified atom stereocenters. The third-order valence-electron chi connectivity index (χ3n) is 2.20. The summed E-state index contributed by atoms with van der Waals surface area (Å²) in [5.41, 5.74) is 1.62. The second-order valence-corrected chi connectivity index (χ2v) is 5.21. The van der Waals surface area contributed by atoms with Gasteiger partial charge in [-0.05, 0) is 17.9 Å². The Bertz CT molecular complexity index is 283. The van der Waals surface area contributed by atoms with Crippen molar-refractivity contribution in [2.45, 2.75) is 47.2 Å². The first-order chi connectivity index (χ1) is 7.03. The largest absolute Gasteiger partial charge is 0.311 e. The van der Waals surface area contributed by atoms with Crippen molar-refractivity contribution < 1.29 is 0 Å². The molecule has 0 saturated carbocycles. The molecule has 1 aromatic rings. The van der Waals surface area contributed by atoms with Gasteiger partial charge in [-0.25, -0.2) is 0 Å². The molecule has 0 fully saturated rings. The van der Waals surface area contributed by atoms with Gasteiger partial charge in [0.25, 0.3) is 0 Å². The molecule has 0 bridgehead atoms. The van der Waals surface area contributed by atoms with Crippen LogP contribution in [-0.2, 0) is 13.1 Å². The van der Waals surface area contributed by atoms with E-state index in [2.05, 4.69) is 48.9 Å². The van der Waals surface area contributed by atoms with Crippen molar-refractivity contribution in [3.8, 4) is 0 Å². The van der Waals surface area contributed by atoms with Crippen molar-refractivity contribution in [2.75, 3.05) is 6.54 Å². The highest BCUT2D eigenvalue weighted by Crippen LogP contribution is 2.10. The normalized spacial score (nSPS) is 12.0. The highest BCUT2D eigenvalue weighted by molar-refractivity contribution is 5.00. The van der Waals surface area contributed by atoms with Gasteiger partial charge < -0.3 is 5.32 Å². The molecule has 0 aliphatic carbocycles. The van der Waals surface area contributed by atoms with Crippen molar-refractivity contribution in [3.63, 3.8) is 0 Å². The highest BCUT2D eigenvalue weighted by Gasteiger charge is 2.09. The van der Waals surface area contributed by atoms with Gasteiger partial charge in [0.1, 0.15) is 0 Å². The zero-order chi connectivity index (χ0) is 11.3. The number of aromatic nitrogens is 2. The molecule has 0 aliphatic rings. The van der Waals surface area contributed by atoms with Gasteiger partial charge in [0, 0.05) is 25.8 Å². The molecule has 0 spiro atoms. The Hall–Kier alpha value is -0.830. The molecule has 3 nitrogen and oxygen atoms in total. The maximum atomic E-state index is 4.30. The predicted octanol–water partition coefficient (Wildman–Crippen LogP) is 2.43. The lowest BCUT2D eigenvalue weighted by atomic mass is 9.97. The maximum Gasteiger partial charge on any atom is 0.0522 e. The van der Waals surface area contributed by atoms with Crippen LogP contribution >= 0.6 is 0 Å². The van der Waals surface area contributed by atoms with Crippen LogP contribution in [0.1, 0.15) is 39.8 Å². The van der Waals surface area contributed by atoms with Crippen LogP contribution in [0.5, 0.6) is 0 Å². The Morgan fingerprint density at radius 3 is 2.73 bits per heavy atom. The molecule has 1 rings (SSSR count). The van der Waals surface area contributed by atoms with E-state index in [1.165, 1.54) is 5.69 Å². The maximum absolute atomic E-state index is 4.30. The van der Waals surface area contributed by atoms with Crippen LogP contribution in [0.4, 0.5) is 0 Å². The first-order valence-electron chi connectivity index (χ1n) is 5.74. The van der Waals surface area contributed by atoms with Crippen LogP contribution in [0.15, 0.2) is 12.3 Å². The van der Waals surface area contributed by atoms with Crippen molar-refractivity contribution >= 4 is 0 Å². The lowest BCUT2D eigenvalue weighted by molar-refractivity contribution is 0.375. The average molecular weight is 209 g/mol. The van der Waals surface area contributed by atoms with Gasteiger partial charge in [0.2, 0.25) is 0 Å². The van der Waals surface area contributed by atoms with Gasteiger partial charge in [-0.3, -0.25) is 4.68 Å². The van der Waals surface area contributed by atoms with E-state index in [0.29, 0.717) is 5.41 Å². The molecule has 3 heteroatoms. The minimum Gasteiger partial charge on any atom is -0.311 e. The Labute approximate surface area is 92.9 Å². The first-order valence-corrected chi connectivity index (χ1v) is 5.74. The molecular formula is C12H23N3. The fourth-order valence-electron chi connectivity index (χ4n) is 1.49. The third-order valence-corrected chi connectivity index (χ3v) is 2.20. The summed E-state index contributed by atoms with van der Waals surface area (Å²) in [6, 6.07) is 2.09. The van der Waals surface area contributed by atoms with Crippen LogP contribution in [-0.4, -0.2) is 16.3 Å². The van der Waals surface area contributed by atoms with Gasteiger partial charge in [0.15, 0.2) is 0 Å². The molecule has 0 radical (unpaired) electrons. The van der Waals surface area contributed by atoms with Crippen molar-refractivity contribution in [1.82, 2.24) is 15.1 Å². The quantitative estimate of drug-likeness (QED) is 0.807. The molecule has 0 atom stereocenters. The third kappa shape index (κ3) is 4.47. The smallest absolute Gasteiger partial charge is 0.0522 e. The number of nitrogens with zero attached hydrogens (tertiary/aromatic N) is 2. The zero-order valence-corrected chi connectivity index (χ0v) is 10.4. The lowest BCUT2D eigenvalue weighted by Crippen LogP contribution is -2.27. The molecule has 0 aliphatic heterocycles. The lowest BCUT2D eigenvalue weighted by Gasteiger charge is -2.18. The molecule has 1 aromatic heterocycles. The van der Waals surface area contributed by atoms with Crippen molar-refractivity contribution in [1.29, 1.82) is 0 Å². The fraction of sp³-hybridized carbons (Fsp3) is 0.750. The van der Waals surface area contributed by atoms with Gasteiger partial charge in [0.05, 0.1) is 5.69 Å². The minimum atomic E-state index is 0.343.